The minimum Gasteiger partial charge on any atom is -0.377 e. The zero-order chi connectivity index (χ0) is 14.0. The lowest BCUT2D eigenvalue weighted by molar-refractivity contribution is 0.880. The monoisotopic (exact) mass is 381 g/mol. The van der Waals surface area contributed by atoms with Gasteiger partial charge in [0.2, 0.25) is 0 Å². The van der Waals surface area contributed by atoms with Crippen molar-refractivity contribution in [1.29, 1.82) is 0 Å². The number of aryl methyl sites for hydroxylation is 2. The Kier molecular flexibility index (Phi) is 4.69. The van der Waals surface area contributed by atoms with Crippen molar-refractivity contribution in [3.8, 4) is 0 Å². The maximum atomic E-state index is 3.62. The van der Waals surface area contributed by atoms with Crippen molar-refractivity contribution in [2.24, 2.45) is 0 Å². The van der Waals surface area contributed by atoms with Gasteiger partial charge in [-0.05, 0) is 75.9 Å². The van der Waals surface area contributed by atoms with E-state index in [0.29, 0.717) is 0 Å². The average Bonchev–Trinajstić information content (AvgIpc) is 2.33. The molecule has 0 heterocycles. The molecular formula is C16H17Br2N. The lowest BCUT2D eigenvalue weighted by atomic mass is 10.1. The van der Waals surface area contributed by atoms with Crippen molar-refractivity contribution in [3.63, 3.8) is 0 Å². The van der Waals surface area contributed by atoms with Gasteiger partial charge in [0.05, 0.1) is 5.69 Å². The van der Waals surface area contributed by atoms with Crippen LogP contribution in [0.15, 0.2) is 45.3 Å². The van der Waals surface area contributed by atoms with Crippen molar-refractivity contribution in [3.05, 3.63) is 62.0 Å². The van der Waals surface area contributed by atoms with E-state index in [1.165, 1.54) is 16.7 Å². The summed E-state index contributed by atoms with van der Waals surface area (Å²) in [6.07, 6.45) is 0. The average molecular weight is 383 g/mol. The van der Waals surface area contributed by atoms with Crippen LogP contribution in [0.25, 0.3) is 0 Å². The lowest BCUT2D eigenvalue weighted by Gasteiger charge is -2.19. The molecule has 0 spiro atoms. The van der Waals surface area contributed by atoms with Crippen LogP contribution in [0.5, 0.6) is 0 Å². The summed E-state index contributed by atoms with van der Waals surface area (Å²) in [6.45, 7) is 6.38. The molecule has 0 saturated carbocycles. The van der Waals surface area contributed by atoms with Gasteiger partial charge in [-0.2, -0.15) is 0 Å². The standard InChI is InChI=1S/C16H17Br2N/c1-10-5-4-6-13(7-10)12(3)19-16-14(17)8-11(2)9-15(16)18/h4-9,12,19H,1-3H3. The molecule has 1 N–H and O–H groups in total. The molecule has 2 aromatic carbocycles. The molecule has 0 saturated heterocycles. The normalized spacial score (nSPS) is 12.3. The van der Waals surface area contributed by atoms with Gasteiger partial charge in [0.25, 0.3) is 0 Å². The van der Waals surface area contributed by atoms with Gasteiger partial charge in [0, 0.05) is 15.0 Å². The van der Waals surface area contributed by atoms with Gasteiger partial charge in [-0.1, -0.05) is 29.8 Å². The summed E-state index contributed by atoms with van der Waals surface area (Å²) in [4.78, 5) is 0. The zero-order valence-electron chi connectivity index (χ0n) is 11.3. The maximum Gasteiger partial charge on any atom is 0.0633 e. The van der Waals surface area contributed by atoms with Crippen molar-refractivity contribution in [2.45, 2.75) is 26.8 Å². The number of hydrogen-bond donors (Lipinski definition) is 1. The minimum absolute atomic E-state index is 0.259. The van der Waals surface area contributed by atoms with Crippen molar-refractivity contribution in [2.75, 3.05) is 5.32 Å². The number of nitrogens with one attached hydrogen (secondary N) is 1. The quantitative estimate of drug-likeness (QED) is 0.686. The van der Waals surface area contributed by atoms with E-state index in [4.69, 9.17) is 0 Å². The first kappa shape index (κ1) is 14.6. The Balaban J connectivity index is 2.26. The molecule has 0 bridgehead atoms. The first-order valence-corrected chi connectivity index (χ1v) is 7.84. The van der Waals surface area contributed by atoms with Gasteiger partial charge in [-0.15, -0.1) is 0 Å². The Morgan fingerprint density at radius 2 is 1.58 bits per heavy atom. The fourth-order valence-electron chi connectivity index (χ4n) is 2.08. The number of hydrogen-bond acceptors (Lipinski definition) is 1. The highest BCUT2D eigenvalue weighted by molar-refractivity contribution is 9.11. The molecule has 3 heteroatoms. The zero-order valence-corrected chi connectivity index (χ0v) is 14.5. The van der Waals surface area contributed by atoms with Crippen LogP contribution in [0.2, 0.25) is 0 Å². The highest BCUT2D eigenvalue weighted by atomic mass is 79.9. The lowest BCUT2D eigenvalue weighted by Crippen LogP contribution is -2.08. The molecule has 2 aromatic rings. The van der Waals surface area contributed by atoms with Gasteiger partial charge < -0.3 is 5.32 Å². The minimum atomic E-state index is 0.259. The van der Waals surface area contributed by atoms with Gasteiger partial charge >= 0.3 is 0 Å². The van der Waals surface area contributed by atoms with Crippen LogP contribution in [-0.4, -0.2) is 0 Å². The van der Waals surface area contributed by atoms with E-state index in [0.717, 1.165) is 14.6 Å². The third-order valence-corrected chi connectivity index (χ3v) is 4.34. The predicted octanol–water partition coefficient (Wildman–Crippen LogP) is 6.00. The molecule has 1 atom stereocenters. The molecule has 0 aromatic heterocycles. The van der Waals surface area contributed by atoms with Crippen LogP contribution in [0.3, 0.4) is 0 Å². The molecule has 0 aliphatic heterocycles. The van der Waals surface area contributed by atoms with E-state index in [1.807, 2.05) is 0 Å². The molecule has 1 unspecified atom stereocenters. The summed E-state index contributed by atoms with van der Waals surface area (Å²) >= 11 is 7.24. The van der Waals surface area contributed by atoms with E-state index < -0.39 is 0 Å². The molecule has 2 rings (SSSR count). The predicted molar refractivity (Wildman–Crippen MR) is 89.8 cm³/mol. The Hall–Kier alpha value is -0.800. The van der Waals surface area contributed by atoms with Crippen LogP contribution in [0, 0.1) is 13.8 Å². The van der Waals surface area contributed by atoms with Gasteiger partial charge in [0.15, 0.2) is 0 Å². The Labute approximate surface area is 131 Å². The number of anilines is 1. The molecule has 100 valence electrons. The van der Waals surface area contributed by atoms with Crippen molar-refractivity contribution in [1.82, 2.24) is 0 Å². The SMILES string of the molecule is Cc1cccc(C(C)Nc2c(Br)cc(C)cc2Br)c1. The summed E-state index contributed by atoms with van der Waals surface area (Å²) in [5.41, 5.74) is 4.90. The first-order valence-electron chi connectivity index (χ1n) is 6.26. The molecular weight excluding hydrogens is 366 g/mol. The number of benzene rings is 2. The molecule has 0 aliphatic rings. The summed E-state index contributed by atoms with van der Waals surface area (Å²) < 4.78 is 2.16. The maximum absolute atomic E-state index is 3.62. The molecule has 0 aliphatic carbocycles. The number of rotatable bonds is 3. The summed E-state index contributed by atoms with van der Waals surface area (Å²) in [5, 5.41) is 3.56. The summed E-state index contributed by atoms with van der Waals surface area (Å²) in [6, 6.07) is 13.1. The summed E-state index contributed by atoms with van der Waals surface area (Å²) in [7, 11) is 0. The van der Waals surface area contributed by atoms with Gasteiger partial charge in [0.1, 0.15) is 0 Å². The second-order valence-corrected chi connectivity index (χ2v) is 6.59. The molecule has 0 radical (unpaired) electrons. The van der Waals surface area contributed by atoms with E-state index in [2.05, 4.69) is 94.3 Å². The molecule has 1 nitrogen and oxygen atoms in total. The largest absolute Gasteiger partial charge is 0.377 e. The van der Waals surface area contributed by atoms with Gasteiger partial charge in [-0.3, -0.25) is 0 Å². The van der Waals surface area contributed by atoms with E-state index in [1.54, 1.807) is 0 Å². The fourth-order valence-corrected chi connectivity index (χ4v) is 3.72. The molecule has 0 fully saturated rings. The first-order chi connectivity index (χ1) is 8.97. The van der Waals surface area contributed by atoms with Gasteiger partial charge in [-0.25, -0.2) is 0 Å². The van der Waals surface area contributed by atoms with Crippen LogP contribution < -0.4 is 5.32 Å². The highest BCUT2D eigenvalue weighted by Crippen LogP contribution is 2.34. The van der Waals surface area contributed by atoms with Crippen molar-refractivity contribution >= 4 is 37.5 Å². The van der Waals surface area contributed by atoms with Crippen LogP contribution >= 0.6 is 31.9 Å². The van der Waals surface area contributed by atoms with Crippen LogP contribution in [-0.2, 0) is 0 Å². The van der Waals surface area contributed by atoms with E-state index in [9.17, 15) is 0 Å². The topological polar surface area (TPSA) is 12.0 Å². The smallest absolute Gasteiger partial charge is 0.0633 e. The second kappa shape index (κ2) is 6.10. The molecule has 0 amide bonds. The van der Waals surface area contributed by atoms with E-state index >= 15 is 0 Å². The Bertz CT molecular complexity index is 570. The third-order valence-electron chi connectivity index (χ3n) is 3.09. The second-order valence-electron chi connectivity index (χ2n) is 4.88. The Morgan fingerprint density at radius 1 is 0.947 bits per heavy atom. The summed E-state index contributed by atoms with van der Waals surface area (Å²) in [5.74, 6) is 0. The van der Waals surface area contributed by atoms with Crippen LogP contribution in [0.1, 0.15) is 29.7 Å². The third kappa shape index (κ3) is 3.61. The van der Waals surface area contributed by atoms with E-state index in [-0.39, 0.29) is 6.04 Å². The highest BCUT2D eigenvalue weighted by Gasteiger charge is 2.11. The number of halogens is 2. The van der Waals surface area contributed by atoms with Crippen molar-refractivity contribution < 1.29 is 0 Å². The van der Waals surface area contributed by atoms with Crippen LogP contribution in [0.4, 0.5) is 5.69 Å². The fraction of sp³-hybridized carbons (Fsp3) is 0.250. The Morgan fingerprint density at radius 3 is 2.16 bits per heavy atom. The molecule has 19 heavy (non-hydrogen) atoms.